The summed E-state index contributed by atoms with van der Waals surface area (Å²) in [6, 6.07) is 7.29. The number of nitrogens with one attached hydrogen (secondary N) is 2. The number of aromatic amines is 1. The fourth-order valence-corrected chi connectivity index (χ4v) is 1.90. The molecule has 20 heavy (non-hydrogen) atoms. The molecule has 0 spiro atoms. The van der Waals surface area contributed by atoms with Crippen LogP contribution in [-0.2, 0) is 12.8 Å². The van der Waals surface area contributed by atoms with E-state index in [9.17, 15) is 4.79 Å². The van der Waals surface area contributed by atoms with Crippen LogP contribution in [-0.4, -0.2) is 27.8 Å². The molecule has 0 aliphatic rings. The number of nitrogens with two attached hydrogens (primary N) is 1. The van der Waals surface area contributed by atoms with E-state index in [1.54, 1.807) is 12.1 Å². The molecule has 0 bridgehead atoms. The van der Waals surface area contributed by atoms with Gasteiger partial charge in [-0.3, -0.25) is 9.89 Å². The second-order valence-electron chi connectivity index (χ2n) is 4.44. The molecule has 1 aromatic carbocycles. The number of hydrogen-bond acceptors (Lipinski definition) is 4. The number of nitrogens with zero attached hydrogens (tertiary/aromatic N) is 1. The predicted molar refractivity (Wildman–Crippen MR) is 77.6 cm³/mol. The van der Waals surface area contributed by atoms with Crippen LogP contribution in [0.5, 0.6) is 0 Å². The van der Waals surface area contributed by atoms with Crippen LogP contribution in [0.4, 0.5) is 11.4 Å². The summed E-state index contributed by atoms with van der Waals surface area (Å²) in [5.41, 5.74) is 8.88. The van der Waals surface area contributed by atoms with Crippen molar-refractivity contribution in [3.8, 4) is 0 Å². The lowest BCUT2D eigenvalue weighted by Gasteiger charge is -2.05. The van der Waals surface area contributed by atoms with Crippen LogP contribution in [0.3, 0.4) is 0 Å². The van der Waals surface area contributed by atoms with Crippen LogP contribution in [0.25, 0.3) is 0 Å². The Morgan fingerprint density at radius 2 is 2.10 bits per heavy atom. The highest BCUT2D eigenvalue weighted by Crippen LogP contribution is 2.17. The number of aliphatic hydroxyl groups excluding tert-OH is 1. The van der Waals surface area contributed by atoms with Crippen LogP contribution in [0, 0.1) is 0 Å². The molecule has 1 amide bonds. The average molecular weight is 274 g/mol. The Labute approximate surface area is 117 Å². The summed E-state index contributed by atoms with van der Waals surface area (Å²) in [6.45, 7) is 2.04. The van der Waals surface area contributed by atoms with Crippen LogP contribution in [0.15, 0.2) is 24.3 Å². The van der Waals surface area contributed by atoms with Gasteiger partial charge in [0.2, 0.25) is 0 Å². The summed E-state index contributed by atoms with van der Waals surface area (Å²) < 4.78 is 0. The molecule has 1 heterocycles. The lowest BCUT2D eigenvalue weighted by Crippen LogP contribution is -2.14. The molecule has 0 saturated heterocycles. The van der Waals surface area contributed by atoms with E-state index >= 15 is 0 Å². The minimum absolute atomic E-state index is 0.106. The molecule has 1 aromatic heterocycles. The number of anilines is 2. The van der Waals surface area contributed by atoms with E-state index in [-0.39, 0.29) is 18.2 Å². The molecule has 6 nitrogen and oxygen atoms in total. The number of carbonyl (C=O) groups is 1. The number of benzene rings is 1. The van der Waals surface area contributed by atoms with Gasteiger partial charge in [-0.2, -0.15) is 5.10 Å². The first-order chi connectivity index (χ1) is 9.65. The molecule has 5 N–H and O–H groups in total. The van der Waals surface area contributed by atoms with Gasteiger partial charge in [0, 0.05) is 12.3 Å². The van der Waals surface area contributed by atoms with Gasteiger partial charge < -0.3 is 16.2 Å². The maximum atomic E-state index is 12.1. The Balaban J connectivity index is 2.09. The monoisotopic (exact) mass is 274 g/mol. The van der Waals surface area contributed by atoms with E-state index in [1.165, 1.54) is 0 Å². The largest absolute Gasteiger partial charge is 0.396 e. The Hall–Kier alpha value is -2.34. The molecule has 0 aliphatic heterocycles. The number of hydrogen-bond donors (Lipinski definition) is 4. The third kappa shape index (κ3) is 2.97. The zero-order valence-electron chi connectivity index (χ0n) is 11.3. The SMILES string of the molecule is CCc1[nH]nc(C(=O)Nc2ccc(CCO)cc2)c1N. The van der Waals surface area contributed by atoms with Gasteiger partial charge in [-0.05, 0) is 30.5 Å². The topological polar surface area (TPSA) is 104 Å². The number of amides is 1. The first-order valence-electron chi connectivity index (χ1n) is 6.49. The third-order valence-electron chi connectivity index (χ3n) is 3.06. The van der Waals surface area contributed by atoms with Crippen LogP contribution in [0.2, 0.25) is 0 Å². The lowest BCUT2D eigenvalue weighted by molar-refractivity contribution is 0.102. The maximum Gasteiger partial charge on any atom is 0.278 e. The summed E-state index contributed by atoms with van der Waals surface area (Å²) in [7, 11) is 0. The van der Waals surface area contributed by atoms with Gasteiger partial charge >= 0.3 is 0 Å². The van der Waals surface area contributed by atoms with Crippen molar-refractivity contribution in [2.24, 2.45) is 0 Å². The van der Waals surface area contributed by atoms with Crippen molar-refractivity contribution in [3.63, 3.8) is 0 Å². The number of carbonyl (C=O) groups excluding carboxylic acids is 1. The van der Waals surface area contributed by atoms with Crippen molar-refractivity contribution in [1.82, 2.24) is 10.2 Å². The van der Waals surface area contributed by atoms with Gasteiger partial charge in [0.15, 0.2) is 5.69 Å². The predicted octanol–water partition coefficient (Wildman–Crippen LogP) is 1.34. The van der Waals surface area contributed by atoms with Crippen molar-refractivity contribution < 1.29 is 9.90 Å². The van der Waals surface area contributed by atoms with Crippen molar-refractivity contribution in [3.05, 3.63) is 41.2 Å². The second-order valence-corrected chi connectivity index (χ2v) is 4.44. The number of aromatic nitrogens is 2. The van der Waals surface area contributed by atoms with Gasteiger partial charge in [-0.1, -0.05) is 19.1 Å². The van der Waals surface area contributed by atoms with Gasteiger partial charge in [0.1, 0.15) is 0 Å². The minimum Gasteiger partial charge on any atom is -0.396 e. The molecule has 2 aromatic rings. The van der Waals surface area contributed by atoms with Gasteiger partial charge in [-0.15, -0.1) is 0 Å². The Kier molecular flexibility index (Phi) is 4.37. The second kappa shape index (κ2) is 6.21. The smallest absolute Gasteiger partial charge is 0.278 e. The van der Waals surface area contributed by atoms with E-state index in [0.29, 0.717) is 24.2 Å². The van der Waals surface area contributed by atoms with E-state index in [2.05, 4.69) is 15.5 Å². The van der Waals surface area contributed by atoms with Crippen molar-refractivity contribution >= 4 is 17.3 Å². The highest BCUT2D eigenvalue weighted by Gasteiger charge is 2.16. The molecule has 0 atom stereocenters. The first-order valence-corrected chi connectivity index (χ1v) is 6.49. The molecule has 0 fully saturated rings. The number of rotatable bonds is 5. The molecule has 0 unspecified atom stereocenters. The van der Waals surface area contributed by atoms with Crippen molar-refractivity contribution in [1.29, 1.82) is 0 Å². The molecule has 6 heteroatoms. The normalized spacial score (nSPS) is 10.5. The number of nitrogen functional groups attached to an aromatic ring is 1. The fourth-order valence-electron chi connectivity index (χ4n) is 1.90. The molecule has 0 aliphatic carbocycles. The number of aliphatic hydroxyl groups is 1. The van der Waals surface area contributed by atoms with E-state index < -0.39 is 0 Å². The molecule has 0 radical (unpaired) electrons. The van der Waals surface area contributed by atoms with Crippen molar-refractivity contribution in [2.75, 3.05) is 17.7 Å². The Morgan fingerprint density at radius 1 is 1.40 bits per heavy atom. The summed E-state index contributed by atoms with van der Waals surface area (Å²) >= 11 is 0. The first kappa shape index (κ1) is 14.1. The number of H-pyrrole nitrogens is 1. The zero-order valence-corrected chi connectivity index (χ0v) is 11.3. The summed E-state index contributed by atoms with van der Waals surface area (Å²) in [5, 5.41) is 18.3. The summed E-state index contributed by atoms with van der Waals surface area (Å²) in [6.07, 6.45) is 1.29. The fraction of sp³-hybridized carbons (Fsp3) is 0.286. The van der Waals surface area contributed by atoms with Crippen LogP contribution < -0.4 is 11.1 Å². The zero-order chi connectivity index (χ0) is 14.5. The molecule has 2 rings (SSSR count). The van der Waals surface area contributed by atoms with Crippen LogP contribution >= 0.6 is 0 Å². The van der Waals surface area contributed by atoms with Gasteiger partial charge in [0.25, 0.3) is 5.91 Å². The highest BCUT2D eigenvalue weighted by molar-refractivity contribution is 6.06. The Bertz CT molecular complexity index is 590. The molecule has 0 saturated carbocycles. The molecule has 106 valence electrons. The third-order valence-corrected chi connectivity index (χ3v) is 3.06. The Morgan fingerprint density at radius 3 is 2.65 bits per heavy atom. The van der Waals surface area contributed by atoms with Gasteiger partial charge in [-0.25, -0.2) is 0 Å². The number of aryl methyl sites for hydroxylation is 1. The quantitative estimate of drug-likeness (QED) is 0.660. The average Bonchev–Trinajstić information content (AvgIpc) is 2.82. The lowest BCUT2D eigenvalue weighted by atomic mass is 10.1. The van der Waals surface area contributed by atoms with E-state index in [4.69, 9.17) is 10.8 Å². The summed E-state index contributed by atoms with van der Waals surface area (Å²) in [5.74, 6) is -0.339. The maximum absolute atomic E-state index is 12.1. The van der Waals surface area contributed by atoms with Gasteiger partial charge in [0.05, 0.1) is 11.4 Å². The van der Waals surface area contributed by atoms with E-state index in [1.807, 2.05) is 19.1 Å². The summed E-state index contributed by atoms with van der Waals surface area (Å²) in [4.78, 5) is 12.1. The molecular formula is C14H18N4O2. The standard InChI is InChI=1S/C14H18N4O2/c1-2-11-12(15)13(18-17-11)14(20)16-10-5-3-9(4-6-10)7-8-19/h3-6,19H,2,7-8,15H2,1H3,(H,16,20)(H,17,18). The van der Waals surface area contributed by atoms with Crippen molar-refractivity contribution in [2.45, 2.75) is 19.8 Å². The molecular weight excluding hydrogens is 256 g/mol. The highest BCUT2D eigenvalue weighted by atomic mass is 16.3. The van der Waals surface area contributed by atoms with E-state index in [0.717, 1.165) is 11.3 Å². The minimum atomic E-state index is -0.339. The van der Waals surface area contributed by atoms with Crippen LogP contribution in [0.1, 0.15) is 28.7 Å².